The fourth-order valence-corrected chi connectivity index (χ4v) is 4.65. The first kappa shape index (κ1) is 118. The fourth-order valence-electron chi connectivity index (χ4n) is 4.28. The van der Waals surface area contributed by atoms with Gasteiger partial charge in [0.05, 0.1) is 18.1 Å². The highest BCUT2D eigenvalue weighted by Crippen LogP contribution is 2.07. The van der Waals surface area contributed by atoms with Gasteiger partial charge in [-0.2, -0.15) is 5.26 Å². The van der Waals surface area contributed by atoms with Crippen molar-refractivity contribution in [3.05, 3.63) is 179 Å². The Bertz CT molecular complexity index is 2020. The standard InChI is InChI=1S/C10H13NO.C8H11N.C8H7N.C7H7Br.C7H6O2.C4H7BO.C4H9NSi.4C3H8.C2H4O2.2C2H6.5CH4.2B/c1-9(12)11-8-7-10-5-3-2-4-6-10;2*9-7-6-8-4-2-1-3-5-8;8-6-7-4-2-1-3-5-7;8-7(9)6-4-2-1-3-5-6;5-4-2-1-3-6-4;1-6(2,3)4-5;4*1-3-2;1-2(3)4;2*1-2;;;;;;;/h2-6H,7-8H2,1H3,(H,11,12);1-5H,6-7,9H2;1-5H,6H2;1-5H,6H2;1-5H,(H,8,9);4H,1-3H2;1-3H3;4*3H2,1-2H3;1H3,(H,3,4);2*1-2H3;5*1H4;;. The first-order valence-corrected chi connectivity index (χ1v) is 32.7. The van der Waals surface area contributed by atoms with Crippen molar-refractivity contribution in [2.45, 2.75) is 223 Å². The van der Waals surface area contributed by atoms with E-state index in [2.05, 4.69) is 125 Å². The molecule has 488 valence electrons. The van der Waals surface area contributed by atoms with Crippen molar-refractivity contribution < 1.29 is 29.3 Å². The minimum absolute atomic E-state index is 0. The number of hydrogen-bond donors (Lipinski definition) is 4. The van der Waals surface area contributed by atoms with E-state index in [9.17, 15) is 9.59 Å². The number of carbonyl (C=O) groups is 3. The SMILES string of the molecule is BrCc1ccccc1.C.C.C.C.C.CC.CC.CC(=O)NCCc1ccccc1.CC(=O)O.CCC.CCC.CCC.CCC.C[Si](C)(C)C#N.N#CCc1ccccc1.NCCc1ccccc1.O=C(O)c1ccccc1.[B].[B].[B]C1CCCO1. The topological polar surface area (TPSA) is 187 Å². The van der Waals surface area contributed by atoms with Gasteiger partial charge in [0.2, 0.25) is 5.91 Å². The monoisotopic (exact) mass is 1270 g/mol. The number of carbonyl (C=O) groups excluding carboxylic acids is 1. The largest absolute Gasteiger partial charge is 0.481 e. The Morgan fingerprint density at radius 2 is 0.872 bits per heavy atom. The van der Waals surface area contributed by atoms with E-state index in [1.165, 1.54) is 49.3 Å². The molecule has 5 aromatic rings. The second-order valence-electron chi connectivity index (χ2n) is 17.1. The third kappa shape index (κ3) is 121. The summed E-state index contributed by atoms with van der Waals surface area (Å²) >= 11 is 3.36. The molecule has 8 radical (unpaired) electrons. The van der Waals surface area contributed by atoms with Crippen molar-refractivity contribution in [1.82, 2.24) is 5.32 Å². The van der Waals surface area contributed by atoms with E-state index >= 15 is 0 Å². The number of nitrogens with zero attached hydrogens (tertiary/aromatic N) is 2. The Morgan fingerprint density at radius 1 is 0.593 bits per heavy atom. The minimum atomic E-state index is -1.33. The highest BCUT2D eigenvalue weighted by Gasteiger charge is 2.09. The van der Waals surface area contributed by atoms with E-state index in [1.54, 1.807) is 30.3 Å². The van der Waals surface area contributed by atoms with Crippen molar-refractivity contribution in [2.75, 3.05) is 19.7 Å². The first-order chi connectivity index (χ1) is 37.7. The molecule has 0 bridgehead atoms. The smallest absolute Gasteiger partial charge is 0.335 e. The van der Waals surface area contributed by atoms with E-state index in [0.29, 0.717) is 12.0 Å². The number of amides is 1. The lowest BCUT2D eigenvalue weighted by atomic mass is 9.98. The number of halogens is 1. The van der Waals surface area contributed by atoms with Crippen LogP contribution in [0.4, 0.5) is 0 Å². The van der Waals surface area contributed by atoms with Crippen LogP contribution in [0.25, 0.3) is 0 Å². The molecule has 1 heterocycles. The Kier molecular flexibility index (Phi) is 139. The predicted octanol–water partition coefficient (Wildman–Crippen LogP) is 20.2. The normalized spacial score (nSPS) is 9.34. The van der Waals surface area contributed by atoms with E-state index in [-0.39, 0.29) is 65.9 Å². The Labute approximate surface area is 548 Å². The molecule has 5 N–H and O–H groups in total. The Morgan fingerprint density at radius 3 is 1.06 bits per heavy atom. The summed E-state index contributed by atoms with van der Waals surface area (Å²) in [7, 11) is 3.99. The predicted molar refractivity (Wildman–Crippen MR) is 395 cm³/mol. The average Bonchev–Trinajstić information content (AvgIpc) is 3.93. The van der Waals surface area contributed by atoms with Crippen LogP contribution in [0.1, 0.15) is 205 Å². The molecule has 1 atom stereocenters. The van der Waals surface area contributed by atoms with Crippen LogP contribution in [0, 0.1) is 22.3 Å². The number of carboxylic acids is 2. The van der Waals surface area contributed by atoms with Gasteiger partial charge in [-0.05, 0) is 66.6 Å². The maximum Gasteiger partial charge on any atom is 0.335 e. The molecule has 10 nitrogen and oxygen atoms in total. The van der Waals surface area contributed by atoms with Crippen molar-refractivity contribution in [3.63, 3.8) is 0 Å². The molecule has 1 saturated heterocycles. The molecule has 0 spiro atoms. The summed E-state index contributed by atoms with van der Waals surface area (Å²) in [5, 5.41) is 36.0. The van der Waals surface area contributed by atoms with Crippen LogP contribution >= 0.6 is 15.9 Å². The lowest BCUT2D eigenvalue weighted by molar-refractivity contribution is -0.134. The van der Waals surface area contributed by atoms with Crippen LogP contribution in [-0.4, -0.2) is 86.5 Å². The fraction of sp³-hybridized carbons (Fsp3) is 0.507. The zero-order valence-electron chi connectivity index (χ0n) is 53.3. The number of carboxylic acid groups (broad SMARTS) is 2. The van der Waals surface area contributed by atoms with Crippen LogP contribution in [0.3, 0.4) is 0 Å². The summed E-state index contributed by atoms with van der Waals surface area (Å²) < 4.78 is 4.93. The molecule has 1 aliphatic heterocycles. The molecule has 0 aliphatic carbocycles. The zero-order chi connectivity index (χ0) is 62.4. The highest BCUT2D eigenvalue weighted by atomic mass is 79.9. The van der Waals surface area contributed by atoms with Gasteiger partial charge < -0.3 is 26.0 Å². The summed E-state index contributed by atoms with van der Waals surface area (Å²) in [5.41, 5.74) is 12.9. The van der Waals surface area contributed by atoms with Crippen molar-refractivity contribution in [2.24, 2.45) is 5.73 Å². The molecule has 1 fully saturated rings. The van der Waals surface area contributed by atoms with Gasteiger partial charge in [0.15, 0.2) is 8.07 Å². The molecule has 0 aromatic heterocycles. The zero-order valence-corrected chi connectivity index (χ0v) is 55.9. The summed E-state index contributed by atoms with van der Waals surface area (Å²) in [5.74, 6) is -1.68. The number of benzene rings is 5. The van der Waals surface area contributed by atoms with E-state index in [0.717, 1.165) is 63.2 Å². The molecule has 15 heteroatoms. The summed E-state index contributed by atoms with van der Waals surface area (Å²) in [6.07, 6.45) is 9.59. The molecule has 1 unspecified atom stereocenters. The van der Waals surface area contributed by atoms with Gasteiger partial charge in [0, 0.05) is 60.9 Å². The van der Waals surface area contributed by atoms with Gasteiger partial charge in [-0.15, -0.1) is 0 Å². The van der Waals surface area contributed by atoms with Crippen LogP contribution < -0.4 is 11.1 Å². The molecule has 1 amide bonds. The van der Waals surface area contributed by atoms with Gasteiger partial charge in [-0.1, -0.05) is 321 Å². The third-order valence-electron chi connectivity index (χ3n) is 7.35. The van der Waals surface area contributed by atoms with Gasteiger partial charge in [-0.25, -0.2) is 10.1 Å². The lowest BCUT2D eigenvalue weighted by Gasteiger charge is -2.01. The van der Waals surface area contributed by atoms with E-state index in [1.807, 2.05) is 132 Å². The molecular weight excluding hydrogens is 1150 g/mol. The minimum Gasteiger partial charge on any atom is -0.481 e. The number of ether oxygens (including phenoxy) is 1. The van der Waals surface area contributed by atoms with Gasteiger partial charge in [-0.3, -0.25) is 9.59 Å². The van der Waals surface area contributed by atoms with Gasteiger partial charge >= 0.3 is 5.97 Å². The summed E-state index contributed by atoms with van der Waals surface area (Å²) in [4.78, 5) is 29.7. The highest BCUT2D eigenvalue weighted by molar-refractivity contribution is 9.08. The van der Waals surface area contributed by atoms with Crippen LogP contribution in [0.15, 0.2) is 152 Å². The maximum absolute atomic E-state index is 10.5. The number of aromatic carboxylic acids is 1. The third-order valence-corrected chi connectivity index (χ3v) is 8.67. The Balaban J connectivity index is -0.0000000497. The molecule has 0 saturated carbocycles. The first-order valence-electron chi connectivity index (χ1n) is 28.0. The number of hydrogen-bond acceptors (Lipinski definition) is 7. The number of rotatable bonds is 8. The summed E-state index contributed by atoms with van der Waals surface area (Å²) in [6.45, 7) is 36.0. The lowest BCUT2D eigenvalue weighted by Crippen LogP contribution is -2.22. The van der Waals surface area contributed by atoms with E-state index in [4.69, 9.17) is 43.8 Å². The van der Waals surface area contributed by atoms with Crippen molar-refractivity contribution in [1.29, 1.82) is 10.5 Å². The molecule has 86 heavy (non-hydrogen) atoms. The number of aliphatic carboxylic acids is 1. The van der Waals surface area contributed by atoms with Gasteiger partial charge in [0.1, 0.15) is 7.85 Å². The van der Waals surface area contributed by atoms with Crippen molar-refractivity contribution in [3.8, 4) is 11.8 Å². The molecule has 6 rings (SSSR count). The quantitative estimate of drug-likeness (QED) is 0.0866. The molecule has 5 aromatic carbocycles. The average molecular weight is 1270 g/mol. The summed E-state index contributed by atoms with van der Waals surface area (Å²) in [6, 6.07) is 50.8. The number of nitrogens with two attached hydrogens (primary N) is 1. The maximum atomic E-state index is 10.5. The second-order valence-corrected chi connectivity index (χ2v) is 22.4. The van der Waals surface area contributed by atoms with Gasteiger partial charge in [0.25, 0.3) is 5.97 Å². The second kappa shape index (κ2) is 101. The van der Waals surface area contributed by atoms with E-state index < -0.39 is 20.0 Å². The van der Waals surface area contributed by atoms with Crippen LogP contribution in [0.5, 0.6) is 0 Å². The van der Waals surface area contributed by atoms with Crippen molar-refractivity contribution >= 4 is 66.5 Å². The Hall–Kier alpha value is -5.70. The van der Waals surface area contributed by atoms with Crippen LogP contribution in [-0.2, 0) is 38.9 Å². The number of alkyl halides is 1. The van der Waals surface area contributed by atoms with Crippen LogP contribution in [0.2, 0.25) is 19.6 Å². The molecular formula is C71H128B3BrN4O6Si. The number of nitrogens with one attached hydrogen (secondary N) is 1. The number of nitriles is 2. The molecule has 1 aliphatic rings.